The summed E-state index contributed by atoms with van der Waals surface area (Å²) in [7, 11) is 0. The van der Waals surface area contributed by atoms with Crippen LogP contribution in [0.1, 0.15) is 36.1 Å². The molecule has 0 saturated heterocycles. The second-order valence-corrected chi connectivity index (χ2v) is 8.07. The fourth-order valence-electron chi connectivity index (χ4n) is 4.65. The third-order valence-corrected chi connectivity index (χ3v) is 6.00. The predicted octanol–water partition coefficient (Wildman–Crippen LogP) is 6.15. The van der Waals surface area contributed by atoms with Gasteiger partial charge in [-0.05, 0) is 57.7 Å². The second kappa shape index (κ2) is 6.96. The zero-order valence-corrected chi connectivity index (χ0v) is 16.2. The minimum Gasteiger partial charge on any atom is -0.488 e. The van der Waals surface area contributed by atoms with E-state index in [-0.39, 0.29) is 6.04 Å². The SMILES string of the molecule is CC1Cc2c(ccc3c2cc(OCc2ccccc2)c2ccccc23)C(N)C1. The van der Waals surface area contributed by atoms with E-state index < -0.39 is 0 Å². The van der Waals surface area contributed by atoms with Crippen LogP contribution in [0.4, 0.5) is 0 Å². The normalized spacial score (nSPS) is 18.9. The molecule has 1 aliphatic carbocycles. The lowest BCUT2D eigenvalue weighted by molar-refractivity contribution is 0.310. The molecule has 0 aromatic heterocycles. The highest BCUT2D eigenvalue weighted by atomic mass is 16.5. The number of hydrogen-bond acceptors (Lipinski definition) is 2. The third kappa shape index (κ3) is 2.94. The molecule has 0 bridgehead atoms. The second-order valence-electron chi connectivity index (χ2n) is 8.07. The third-order valence-electron chi connectivity index (χ3n) is 6.00. The van der Waals surface area contributed by atoms with E-state index in [1.165, 1.54) is 38.2 Å². The Bertz CT molecular complexity index is 1150. The van der Waals surface area contributed by atoms with Crippen LogP contribution in [0.25, 0.3) is 21.5 Å². The fraction of sp³-hybridized carbons (Fsp3) is 0.231. The smallest absolute Gasteiger partial charge is 0.128 e. The predicted molar refractivity (Wildman–Crippen MR) is 117 cm³/mol. The van der Waals surface area contributed by atoms with Crippen LogP contribution >= 0.6 is 0 Å². The van der Waals surface area contributed by atoms with E-state index in [2.05, 4.69) is 73.7 Å². The molecule has 1 aliphatic rings. The summed E-state index contributed by atoms with van der Waals surface area (Å²) < 4.78 is 6.33. The molecular weight excluding hydrogens is 342 g/mol. The van der Waals surface area contributed by atoms with Gasteiger partial charge in [-0.3, -0.25) is 0 Å². The van der Waals surface area contributed by atoms with Crippen LogP contribution in [0.2, 0.25) is 0 Å². The van der Waals surface area contributed by atoms with Crippen LogP contribution in [0.15, 0.2) is 72.8 Å². The molecule has 2 unspecified atom stereocenters. The van der Waals surface area contributed by atoms with Gasteiger partial charge in [0.25, 0.3) is 0 Å². The van der Waals surface area contributed by atoms with E-state index in [0.717, 1.165) is 18.6 Å². The summed E-state index contributed by atoms with van der Waals surface area (Å²) in [5.41, 5.74) is 10.4. The van der Waals surface area contributed by atoms with Crippen molar-refractivity contribution in [3.63, 3.8) is 0 Å². The summed E-state index contributed by atoms with van der Waals surface area (Å²) >= 11 is 0. The van der Waals surface area contributed by atoms with Crippen molar-refractivity contribution in [1.82, 2.24) is 0 Å². The maximum atomic E-state index is 6.48. The summed E-state index contributed by atoms with van der Waals surface area (Å²) in [5.74, 6) is 1.56. The molecule has 140 valence electrons. The van der Waals surface area contributed by atoms with Crippen molar-refractivity contribution in [2.45, 2.75) is 32.4 Å². The van der Waals surface area contributed by atoms with Crippen molar-refractivity contribution < 1.29 is 4.74 Å². The summed E-state index contributed by atoms with van der Waals surface area (Å²) in [5, 5.41) is 5.00. The van der Waals surface area contributed by atoms with Gasteiger partial charge in [0.15, 0.2) is 0 Å². The molecule has 4 aromatic rings. The Hall–Kier alpha value is -2.84. The summed E-state index contributed by atoms with van der Waals surface area (Å²) in [6.07, 6.45) is 2.14. The van der Waals surface area contributed by atoms with Gasteiger partial charge in [0.05, 0.1) is 0 Å². The molecule has 2 N–H and O–H groups in total. The van der Waals surface area contributed by atoms with E-state index >= 15 is 0 Å². The molecule has 2 atom stereocenters. The maximum absolute atomic E-state index is 6.48. The first-order chi connectivity index (χ1) is 13.7. The first kappa shape index (κ1) is 17.3. The van der Waals surface area contributed by atoms with Gasteiger partial charge in [0, 0.05) is 11.4 Å². The number of fused-ring (bicyclic) bond motifs is 5. The molecular formula is C26H25NO. The number of ether oxygens (including phenoxy) is 1. The molecule has 28 heavy (non-hydrogen) atoms. The quantitative estimate of drug-likeness (QED) is 0.441. The van der Waals surface area contributed by atoms with Crippen molar-refractivity contribution in [2.75, 3.05) is 0 Å². The Morgan fingerprint density at radius 3 is 2.39 bits per heavy atom. The van der Waals surface area contributed by atoms with E-state index in [4.69, 9.17) is 10.5 Å². The zero-order chi connectivity index (χ0) is 19.1. The average Bonchev–Trinajstić information content (AvgIpc) is 2.72. The van der Waals surface area contributed by atoms with Crippen LogP contribution in [0, 0.1) is 5.92 Å². The Kier molecular flexibility index (Phi) is 4.29. The summed E-state index contributed by atoms with van der Waals surface area (Å²) in [6.45, 7) is 2.87. The Labute approximate surface area is 165 Å². The molecule has 0 aliphatic heterocycles. The van der Waals surface area contributed by atoms with Gasteiger partial charge >= 0.3 is 0 Å². The molecule has 2 heteroatoms. The van der Waals surface area contributed by atoms with Crippen LogP contribution < -0.4 is 10.5 Å². The van der Waals surface area contributed by atoms with Crippen LogP contribution in [-0.2, 0) is 13.0 Å². The highest BCUT2D eigenvalue weighted by Gasteiger charge is 2.24. The molecule has 0 amide bonds. The molecule has 0 saturated carbocycles. The Morgan fingerprint density at radius 1 is 0.857 bits per heavy atom. The molecule has 2 nitrogen and oxygen atoms in total. The molecule has 4 aromatic carbocycles. The molecule has 0 spiro atoms. The van der Waals surface area contributed by atoms with Crippen molar-refractivity contribution >= 4 is 21.5 Å². The summed E-state index contributed by atoms with van der Waals surface area (Å²) in [4.78, 5) is 0. The van der Waals surface area contributed by atoms with Gasteiger partial charge in [-0.15, -0.1) is 0 Å². The van der Waals surface area contributed by atoms with Crippen molar-refractivity contribution in [3.8, 4) is 5.75 Å². The maximum Gasteiger partial charge on any atom is 0.128 e. The first-order valence-corrected chi connectivity index (χ1v) is 10.1. The van der Waals surface area contributed by atoms with Gasteiger partial charge in [-0.2, -0.15) is 0 Å². The van der Waals surface area contributed by atoms with Gasteiger partial charge in [0.2, 0.25) is 0 Å². The molecule has 5 rings (SSSR count). The monoisotopic (exact) mass is 367 g/mol. The molecule has 0 heterocycles. The topological polar surface area (TPSA) is 35.2 Å². The molecule has 0 fully saturated rings. The van der Waals surface area contributed by atoms with E-state index in [1.807, 2.05) is 6.07 Å². The fourth-order valence-corrected chi connectivity index (χ4v) is 4.65. The lowest BCUT2D eigenvalue weighted by Gasteiger charge is -2.29. The number of benzene rings is 4. The largest absolute Gasteiger partial charge is 0.488 e. The Balaban J connectivity index is 1.69. The zero-order valence-electron chi connectivity index (χ0n) is 16.2. The summed E-state index contributed by atoms with van der Waals surface area (Å²) in [6, 6.07) is 25.7. The lowest BCUT2D eigenvalue weighted by atomic mass is 9.79. The van der Waals surface area contributed by atoms with Crippen LogP contribution in [0.5, 0.6) is 5.75 Å². The number of rotatable bonds is 3. The first-order valence-electron chi connectivity index (χ1n) is 10.1. The number of nitrogens with two attached hydrogens (primary N) is 1. The van der Waals surface area contributed by atoms with Crippen molar-refractivity contribution in [3.05, 3.63) is 89.5 Å². The average molecular weight is 367 g/mol. The van der Waals surface area contributed by atoms with E-state index in [0.29, 0.717) is 12.5 Å². The minimum absolute atomic E-state index is 0.128. The van der Waals surface area contributed by atoms with Crippen molar-refractivity contribution in [1.29, 1.82) is 0 Å². The van der Waals surface area contributed by atoms with Gasteiger partial charge in [-0.25, -0.2) is 0 Å². The van der Waals surface area contributed by atoms with E-state index in [9.17, 15) is 0 Å². The van der Waals surface area contributed by atoms with Crippen molar-refractivity contribution in [2.24, 2.45) is 11.7 Å². The molecule has 0 radical (unpaired) electrons. The number of hydrogen-bond donors (Lipinski definition) is 1. The van der Waals surface area contributed by atoms with E-state index in [1.54, 1.807) is 0 Å². The van der Waals surface area contributed by atoms with Gasteiger partial charge < -0.3 is 10.5 Å². The Morgan fingerprint density at radius 2 is 1.57 bits per heavy atom. The van der Waals surface area contributed by atoms with Crippen LogP contribution in [-0.4, -0.2) is 0 Å². The standard InChI is InChI=1S/C26H25NO/c1-17-13-23-21(25(27)14-17)12-11-20-19-9-5-6-10-22(19)26(15-24(20)23)28-16-18-7-3-2-4-8-18/h2-12,15,17,25H,13-14,16,27H2,1H3. The van der Waals surface area contributed by atoms with Gasteiger partial charge in [0.1, 0.15) is 12.4 Å². The minimum atomic E-state index is 0.128. The lowest BCUT2D eigenvalue weighted by Crippen LogP contribution is -2.22. The van der Waals surface area contributed by atoms with Crippen LogP contribution in [0.3, 0.4) is 0 Å². The highest BCUT2D eigenvalue weighted by molar-refractivity contribution is 6.11. The highest BCUT2D eigenvalue weighted by Crippen LogP contribution is 2.41. The van der Waals surface area contributed by atoms with Gasteiger partial charge in [-0.1, -0.05) is 73.7 Å².